The first kappa shape index (κ1) is 14.8. The lowest BCUT2D eigenvalue weighted by molar-refractivity contribution is 0.210. The Labute approximate surface area is 119 Å². The van der Waals surface area contributed by atoms with E-state index in [0.29, 0.717) is 5.75 Å². The Balaban J connectivity index is 2.09. The number of benzene rings is 1. The van der Waals surface area contributed by atoms with E-state index in [2.05, 4.69) is 0 Å². The van der Waals surface area contributed by atoms with E-state index in [4.69, 9.17) is 10.00 Å². The van der Waals surface area contributed by atoms with Gasteiger partial charge in [0, 0.05) is 7.05 Å². The summed E-state index contributed by atoms with van der Waals surface area (Å²) >= 11 is 0. The maximum atomic E-state index is 12.1. The van der Waals surface area contributed by atoms with Crippen LogP contribution in [0.2, 0.25) is 0 Å². The molecule has 0 bridgehead atoms. The molecule has 1 fully saturated rings. The van der Waals surface area contributed by atoms with Gasteiger partial charge in [0.2, 0.25) is 10.0 Å². The molecule has 0 amide bonds. The van der Waals surface area contributed by atoms with Gasteiger partial charge in [-0.05, 0) is 49.9 Å². The van der Waals surface area contributed by atoms with Crippen LogP contribution >= 0.6 is 0 Å². The molecule has 1 aliphatic carbocycles. The van der Waals surface area contributed by atoms with Gasteiger partial charge in [-0.15, -0.1) is 0 Å². The van der Waals surface area contributed by atoms with E-state index in [1.807, 2.05) is 6.07 Å². The van der Waals surface area contributed by atoms with E-state index in [-0.39, 0.29) is 17.5 Å². The molecule has 0 spiro atoms. The van der Waals surface area contributed by atoms with Crippen molar-refractivity contribution in [2.75, 3.05) is 13.6 Å². The Morgan fingerprint density at radius 3 is 2.45 bits per heavy atom. The fourth-order valence-electron chi connectivity index (χ4n) is 2.25. The van der Waals surface area contributed by atoms with Gasteiger partial charge >= 0.3 is 0 Å². The highest BCUT2D eigenvalue weighted by Gasteiger charge is 2.21. The lowest BCUT2D eigenvalue weighted by Crippen LogP contribution is -2.27. The molecule has 1 aliphatic rings. The first-order valence-electron chi connectivity index (χ1n) is 6.64. The predicted molar refractivity (Wildman–Crippen MR) is 74.8 cm³/mol. The Morgan fingerprint density at radius 2 is 1.90 bits per heavy atom. The van der Waals surface area contributed by atoms with E-state index in [0.717, 1.165) is 17.1 Å². The van der Waals surface area contributed by atoms with Crippen LogP contribution < -0.4 is 4.74 Å². The maximum absolute atomic E-state index is 12.1. The molecule has 0 atom stereocenters. The summed E-state index contributed by atoms with van der Waals surface area (Å²) in [6, 6.07) is 8.21. The normalized spacial score (nSPS) is 16.2. The van der Waals surface area contributed by atoms with Crippen LogP contribution in [0.5, 0.6) is 5.75 Å². The molecule has 1 saturated carbocycles. The molecule has 20 heavy (non-hydrogen) atoms. The minimum Gasteiger partial charge on any atom is -0.490 e. The number of rotatable bonds is 5. The third-order valence-electron chi connectivity index (χ3n) is 3.43. The molecule has 6 heteroatoms. The standard InChI is InChI=1S/C14H18N2O3S/c1-16(11-10-15)20(17,18)14-8-6-13(7-9-14)19-12-4-2-3-5-12/h6-9,12H,2-5,11H2,1H3. The van der Waals surface area contributed by atoms with Gasteiger partial charge in [-0.1, -0.05) is 0 Å². The Bertz CT molecular complexity index is 584. The van der Waals surface area contributed by atoms with Crippen molar-refractivity contribution in [3.05, 3.63) is 24.3 Å². The lowest BCUT2D eigenvalue weighted by Gasteiger charge is -2.15. The SMILES string of the molecule is CN(CC#N)S(=O)(=O)c1ccc(OC2CCCC2)cc1. The molecular weight excluding hydrogens is 276 g/mol. The van der Waals surface area contributed by atoms with Gasteiger partial charge in [-0.2, -0.15) is 9.57 Å². The molecule has 0 aromatic heterocycles. The molecule has 5 nitrogen and oxygen atoms in total. The summed E-state index contributed by atoms with van der Waals surface area (Å²) in [5.74, 6) is 0.693. The summed E-state index contributed by atoms with van der Waals surface area (Å²) in [5.41, 5.74) is 0. The van der Waals surface area contributed by atoms with Gasteiger partial charge < -0.3 is 4.74 Å². The molecule has 1 aromatic carbocycles. The van der Waals surface area contributed by atoms with Crippen LogP contribution in [0.25, 0.3) is 0 Å². The van der Waals surface area contributed by atoms with E-state index in [1.54, 1.807) is 12.1 Å². The number of ether oxygens (including phenoxy) is 1. The molecule has 108 valence electrons. The highest BCUT2D eigenvalue weighted by atomic mass is 32.2. The van der Waals surface area contributed by atoms with Crippen molar-refractivity contribution in [3.63, 3.8) is 0 Å². The third-order valence-corrected chi connectivity index (χ3v) is 5.25. The molecule has 0 aliphatic heterocycles. The zero-order valence-corrected chi connectivity index (χ0v) is 12.3. The van der Waals surface area contributed by atoms with Crippen molar-refractivity contribution in [2.24, 2.45) is 0 Å². The number of sulfonamides is 1. The summed E-state index contributed by atoms with van der Waals surface area (Å²) in [6.45, 7) is -0.164. The Kier molecular flexibility index (Phi) is 4.63. The average Bonchev–Trinajstić information content (AvgIpc) is 2.92. The van der Waals surface area contributed by atoms with Crippen LogP contribution in [-0.4, -0.2) is 32.4 Å². The van der Waals surface area contributed by atoms with E-state index in [9.17, 15) is 8.42 Å². The van der Waals surface area contributed by atoms with E-state index >= 15 is 0 Å². The lowest BCUT2D eigenvalue weighted by atomic mass is 10.3. The predicted octanol–water partition coefficient (Wildman–Crippen LogP) is 2.15. The summed E-state index contributed by atoms with van der Waals surface area (Å²) in [5, 5.41) is 8.57. The number of nitriles is 1. The molecule has 0 heterocycles. The van der Waals surface area contributed by atoms with Gasteiger partial charge in [-0.25, -0.2) is 8.42 Å². The second kappa shape index (κ2) is 6.25. The molecule has 0 radical (unpaired) electrons. The van der Waals surface area contributed by atoms with Crippen LogP contribution in [-0.2, 0) is 10.0 Å². The first-order chi connectivity index (χ1) is 9.54. The largest absolute Gasteiger partial charge is 0.490 e. The van der Waals surface area contributed by atoms with Crippen LogP contribution in [0.15, 0.2) is 29.2 Å². The van der Waals surface area contributed by atoms with Gasteiger partial charge in [0.25, 0.3) is 0 Å². The third kappa shape index (κ3) is 3.30. The van der Waals surface area contributed by atoms with Crippen LogP contribution in [0.4, 0.5) is 0 Å². The maximum Gasteiger partial charge on any atom is 0.243 e. The summed E-state index contributed by atoms with van der Waals surface area (Å²) in [7, 11) is -2.20. The van der Waals surface area contributed by atoms with Gasteiger partial charge in [0.1, 0.15) is 12.3 Å². The molecule has 2 rings (SSSR count). The first-order valence-corrected chi connectivity index (χ1v) is 8.08. The Hall–Kier alpha value is -1.58. The minimum absolute atomic E-state index is 0.164. The van der Waals surface area contributed by atoms with Crippen molar-refractivity contribution in [3.8, 4) is 11.8 Å². The van der Waals surface area contributed by atoms with E-state index in [1.165, 1.54) is 32.0 Å². The minimum atomic E-state index is -3.59. The van der Waals surface area contributed by atoms with Gasteiger partial charge in [-0.3, -0.25) is 0 Å². The highest BCUT2D eigenvalue weighted by molar-refractivity contribution is 7.89. The second-order valence-electron chi connectivity index (χ2n) is 4.91. The average molecular weight is 294 g/mol. The van der Waals surface area contributed by atoms with Gasteiger partial charge in [0.05, 0.1) is 17.1 Å². The summed E-state index contributed by atoms with van der Waals surface area (Å²) in [4.78, 5) is 0.175. The molecule has 0 saturated heterocycles. The molecule has 1 aromatic rings. The van der Waals surface area contributed by atoms with Crippen molar-refractivity contribution >= 4 is 10.0 Å². The second-order valence-corrected chi connectivity index (χ2v) is 6.96. The van der Waals surface area contributed by atoms with E-state index < -0.39 is 10.0 Å². The number of hydrogen-bond donors (Lipinski definition) is 0. The van der Waals surface area contributed by atoms with Crippen LogP contribution in [0.1, 0.15) is 25.7 Å². The number of nitrogens with zero attached hydrogens (tertiary/aromatic N) is 2. The zero-order valence-electron chi connectivity index (χ0n) is 11.4. The molecule has 0 unspecified atom stereocenters. The van der Waals surface area contributed by atoms with Crippen LogP contribution in [0.3, 0.4) is 0 Å². The smallest absolute Gasteiger partial charge is 0.243 e. The van der Waals surface area contributed by atoms with Crippen molar-refractivity contribution in [1.82, 2.24) is 4.31 Å². The fraction of sp³-hybridized carbons (Fsp3) is 0.500. The van der Waals surface area contributed by atoms with Crippen LogP contribution in [0, 0.1) is 11.3 Å². The fourth-order valence-corrected chi connectivity index (χ4v) is 3.32. The molecule has 0 N–H and O–H groups in total. The van der Waals surface area contributed by atoms with Crippen molar-refractivity contribution in [2.45, 2.75) is 36.7 Å². The molecular formula is C14H18N2O3S. The van der Waals surface area contributed by atoms with Crippen molar-refractivity contribution in [1.29, 1.82) is 5.26 Å². The Morgan fingerprint density at radius 1 is 1.30 bits per heavy atom. The quantitative estimate of drug-likeness (QED) is 0.780. The monoisotopic (exact) mass is 294 g/mol. The van der Waals surface area contributed by atoms with Crippen molar-refractivity contribution < 1.29 is 13.2 Å². The summed E-state index contributed by atoms with van der Waals surface area (Å²) < 4.78 is 31.0. The van der Waals surface area contributed by atoms with Gasteiger partial charge in [0.15, 0.2) is 0 Å². The number of hydrogen-bond acceptors (Lipinski definition) is 4. The highest BCUT2D eigenvalue weighted by Crippen LogP contribution is 2.25. The zero-order chi connectivity index (χ0) is 14.6. The topological polar surface area (TPSA) is 70.4 Å². The summed E-state index contributed by atoms with van der Waals surface area (Å²) in [6.07, 6.45) is 4.75.